The highest BCUT2D eigenvalue weighted by Crippen LogP contribution is 2.13. The number of likely N-dealkylation sites (N-methyl/N-ethyl adjacent to an activating group) is 1. The van der Waals surface area contributed by atoms with E-state index in [1.54, 1.807) is 18.9 Å². The smallest absolute Gasteiger partial charge is 0.194 e. The minimum absolute atomic E-state index is 0.403. The Morgan fingerprint density at radius 3 is 2.56 bits per heavy atom. The monoisotopic (exact) mass is 129 g/mol. The fraction of sp³-hybridized carbons (Fsp3) is 0.800. The van der Waals surface area contributed by atoms with Crippen molar-refractivity contribution in [1.29, 1.82) is 0 Å². The van der Waals surface area contributed by atoms with Gasteiger partial charge in [0.2, 0.25) is 0 Å². The van der Waals surface area contributed by atoms with Gasteiger partial charge in [-0.15, -0.1) is 0 Å². The Bertz CT molecular complexity index is 152. The standard InChI is InChI=1S/C5H11N3O/c1-5(9)3-8(2)4(6)7-5/h9H,3H2,1-2H3,(H2,6,7). The van der Waals surface area contributed by atoms with Gasteiger partial charge in [-0.2, -0.15) is 0 Å². The van der Waals surface area contributed by atoms with E-state index < -0.39 is 5.72 Å². The van der Waals surface area contributed by atoms with Crippen LogP contribution in [0, 0.1) is 0 Å². The van der Waals surface area contributed by atoms with E-state index in [4.69, 9.17) is 5.73 Å². The molecule has 0 aromatic rings. The van der Waals surface area contributed by atoms with Crippen molar-refractivity contribution in [3.63, 3.8) is 0 Å². The van der Waals surface area contributed by atoms with Gasteiger partial charge in [-0.25, -0.2) is 4.99 Å². The van der Waals surface area contributed by atoms with Crippen LogP contribution in [-0.2, 0) is 0 Å². The lowest BCUT2D eigenvalue weighted by atomic mass is 10.3. The van der Waals surface area contributed by atoms with Gasteiger partial charge >= 0.3 is 0 Å². The van der Waals surface area contributed by atoms with Crippen molar-refractivity contribution >= 4 is 5.96 Å². The van der Waals surface area contributed by atoms with Crippen molar-refractivity contribution in [2.75, 3.05) is 13.6 Å². The first-order valence-electron chi connectivity index (χ1n) is 2.80. The van der Waals surface area contributed by atoms with E-state index in [1.807, 2.05) is 0 Å². The summed E-state index contributed by atoms with van der Waals surface area (Å²) in [4.78, 5) is 5.49. The van der Waals surface area contributed by atoms with Crippen molar-refractivity contribution < 1.29 is 5.11 Å². The predicted molar refractivity (Wildman–Crippen MR) is 34.9 cm³/mol. The van der Waals surface area contributed by atoms with E-state index in [2.05, 4.69) is 4.99 Å². The van der Waals surface area contributed by atoms with Gasteiger partial charge in [0.25, 0.3) is 0 Å². The topological polar surface area (TPSA) is 61.8 Å². The maximum atomic E-state index is 9.23. The van der Waals surface area contributed by atoms with Crippen LogP contribution in [0.15, 0.2) is 4.99 Å². The molecule has 0 aromatic heterocycles. The van der Waals surface area contributed by atoms with E-state index in [0.29, 0.717) is 12.5 Å². The van der Waals surface area contributed by atoms with Gasteiger partial charge in [-0.05, 0) is 6.92 Å². The number of β-amino-alcohol motifs (C(OH)–C–C–N with tert-alkyl or cyclic N) is 1. The van der Waals surface area contributed by atoms with Crippen LogP contribution < -0.4 is 5.73 Å². The summed E-state index contributed by atoms with van der Waals surface area (Å²) in [6, 6.07) is 0. The Morgan fingerprint density at radius 1 is 1.89 bits per heavy atom. The minimum Gasteiger partial charge on any atom is -0.370 e. The summed E-state index contributed by atoms with van der Waals surface area (Å²) in [5.41, 5.74) is 4.40. The van der Waals surface area contributed by atoms with E-state index >= 15 is 0 Å². The van der Waals surface area contributed by atoms with Gasteiger partial charge in [-0.1, -0.05) is 0 Å². The van der Waals surface area contributed by atoms with E-state index in [1.165, 1.54) is 0 Å². The Hall–Kier alpha value is -0.770. The number of aliphatic imine (C=N–C) groups is 1. The Labute approximate surface area is 54.0 Å². The number of rotatable bonds is 0. The molecule has 0 aromatic carbocycles. The molecule has 0 radical (unpaired) electrons. The highest BCUT2D eigenvalue weighted by atomic mass is 16.3. The van der Waals surface area contributed by atoms with Gasteiger partial charge in [0, 0.05) is 7.05 Å². The first-order chi connectivity index (χ1) is 4.01. The van der Waals surface area contributed by atoms with Crippen LogP contribution in [0.3, 0.4) is 0 Å². The molecule has 0 bridgehead atoms. The Balaban J connectivity index is 2.74. The van der Waals surface area contributed by atoms with Crippen molar-refractivity contribution in [2.24, 2.45) is 10.7 Å². The average Bonchev–Trinajstić information content (AvgIpc) is 1.79. The molecule has 1 aliphatic rings. The highest BCUT2D eigenvalue weighted by Gasteiger charge is 2.28. The third-order valence-electron chi connectivity index (χ3n) is 1.28. The van der Waals surface area contributed by atoms with Crippen molar-refractivity contribution in [2.45, 2.75) is 12.6 Å². The first-order valence-corrected chi connectivity index (χ1v) is 2.80. The lowest BCUT2D eigenvalue weighted by molar-refractivity contribution is 0.0683. The SMILES string of the molecule is CN1CC(C)(O)N=C1N. The van der Waals surface area contributed by atoms with Crippen molar-refractivity contribution in [3.8, 4) is 0 Å². The van der Waals surface area contributed by atoms with Crippen LogP contribution >= 0.6 is 0 Å². The Kier molecular flexibility index (Phi) is 1.13. The minimum atomic E-state index is -0.973. The average molecular weight is 129 g/mol. The number of hydrogen-bond donors (Lipinski definition) is 2. The molecule has 4 heteroatoms. The van der Waals surface area contributed by atoms with Crippen molar-refractivity contribution in [3.05, 3.63) is 0 Å². The normalized spacial score (nSPS) is 35.0. The third kappa shape index (κ3) is 1.13. The summed E-state index contributed by atoms with van der Waals surface area (Å²) in [6.07, 6.45) is 0. The molecule has 1 rings (SSSR count). The van der Waals surface area contributed by atoms with Crippen LogP contribution in [-0.4, -0.2) is 35.3 Å². The fourth-order valence-corrected chi connectivity index (χ4v) is 0.898. The maximum Gasteiger partial charge on any atom is 0.194 e. The predicted octanol–water partition coefficient (Wildman–Crippen LogP) is -1.05. The molecule has 0 spiro atoms. The summed E-state index contributed by atoms with van der Waals surface area (Å²) < 4.78 is 0. The molecule has 0 aliphatic carbocycles. The number of nitrogens with zero attached hydrogens (tertiary/aromatic N) is 2. The summed E-state index contributed by atoms with van der Waals surface area (Å²) in [6.45, 7) is 2.11. The van der Waals surface area contributed by atoms with E-state index in [-0.39, 0.29) is 0 Å². The molecule has 3 N–H and O–H groups in total. The second-order valence-corrected chi connectivity index (χ2v) is 2.54. The van der Waals surface area contributed by atoms with Crippen LogP contribution in [0.25, 0.3) is 0 Å². The molecule has 0 fully saturated rings. The van der Waals surface area contributed by atoms with Crippen LogP contribution in [0.1, 0.15) is 6.92 Å². The summed E-state index contributed by atoms with van der Waals surface area (Å²) in [5, 5.41) is 9.23. The zero-order valence-corrected chi connectivity index (χ0v) is 5.63. The second kappa shape index (κ2) is 1.60. The lowest BCUT2D eigenvalue weighted by Crippen LogP contribution is -2.33. The van der Waals surface area contributed by atoms with E-state index in [0.717, 1.165) is 0 Å². The molecule has 1 atom stereocenters. The van der Waals surface area contributed by atoms with Gasteiger partial charge < -0.3 is 15.7 Å². The second-order valence-electron chi connectivity index (χ2n) is 2.54. The number of nitrogens with two attached hydrogens (primary N) is 1. The summed E-state index contributed by atoms with van der Waals surface area (Å²) in [5.74, 6) is 0.403. The quantitative estimate of drug-likeness (QED) is 0.439. The van der Waals surface area contributed by atoms with Gasteiger partial charge in [0.05, 0.1) is 6.54 Å². The molecule has 1 unspecified atom stereocenters. The molecule has 0 amide bonds. The lowest BCUT2D eigenvalue weighted by Gasteiger charge is -2.13. The molecule has 9 heavy (non-hydrogen) atoms. The molecule has 52 valence electrons. The maximum absolute atomic E-state index is 9.23. The highest BCUT2D eigenvalue weighted by molar-refractivity contribution is 5.79. The van der Waals surface area contributed by atoms with Gasteiger partial charge in [-0.3, -0.25) is 0 Å². The molecular weight excluding hydrogens is 118 g/mol. The van der Waals surface area contributed by atoms with Crippen LogP contribution in [0.2, 0.25) is 0 Å². The summed E-state index contributed by atoms with van der Waals surface area (Å²) >= 11 is 0. The zero-order chi connectivity index (χ0) is 7.07. The third-order valence-corrected chi connectivity index (χ3v) is 1.28. The molecule has 1 aliphatic heterocycles. The van der Waals surface area contributed by atoms with Crippen LogP contribution in [0.4, 0.5) is 0 Å². The number of aliphatic hydroxyl groups is 1. The molecular formula is C5H11N3O. The number of hydrogen-bond acceptors (Lipinski definition) is 4. The largest absolute Gasteiger partial charge is 0.370 e. The zero-order valence-electron chi connectivity index (χ0n) is 5.63. The molecule has 0 saturated heterocycles. The number of guanidine groups is 1. The Morgan fingerprint density at radius 2 is 2.44 bits per heavy atom. The first kappa shape index (κ1) is 6.35. The van der Waals surface area contributed by atoms with Crippen LogP contribution in [0.5, 0.6) is 0 Å². The van der Waals surface area contributed by atoms with Gasteiger partial charge in [0.1, 0.15) is 0 Å². The molecule has 4 nitrogen and oxygen atoms in total. The van der Waals surface area contributed by atoms with Crippen molar-refractivity contribution in [1.82, 2.24) is 4.90 Å². The molecule has 0 saturated carbocycles. The summed E-state index contributed by atoms with van der Waals surface area (Å²) in [7, 11) is 1.79. The van der Waals surface area contributed by atoms with Gasteiger partial charge in [0.15, 0.2) is 11.7 Å². The molecule has 1 heterocycles. The van der Waals surface area contributed by atoms with E-state index in [9.17, 15) is 5.11 Å². The fourth-order valence-electron chi connectivity index (χ4n) is 0.898.